The van der Waals surface area contributed by atoms with Gasteiger partial charge in [-0.2, -0.15) is 0 Å². The molecule has 0 saturated heterocycles. The van der Waals surface area contributed by atoms with E-state index in [1.165, 1.54) is 25.7 Å². The molecule has 3 rings (SSSR count). The average molecular weight is 248 g/mol. The van der Waals surface area contributed by atoms with E-state index >= 15 is 0 Å². The minimum Gasteiger partial charge on any atom is -0.149 e. The summed E-state index contributed by atoms with van der Waals surface area (Å²) in [6.07, 6.45) is 5.50. The predicted octanol–water partition coefficient (Wildman–Crippen LogP) is 4.62. The van der Waals surface area contributed by atoms with E-state index < -0.39 is 0 Å². The van der Waals surface area contributed by atoms with Crippen molar-refractivity contribution in [3.8, 4) is 0 Å². The molecule has 0 N–H and O–H groups in total. The molecule has 2 aromatic rings. The van der Waals surface area contributed by atoms with Gasteiger partial charge in [-0.3, -0.25) is 0 Å². The molecule has 0 aliphatic heterocycles. The zero-order valence-electron chi connectivity index (χ0n) is 9.26. The van der Waals surface area contributed by atoms with Crippen LogP contribution in [0.15, 0.2) is 35.0 Å². The minimum atomic E-state index is 0.886. The highest BCUT2D eigenvalue weighted by molar-refractivity contribution is 7.10. The molecule has 2 heterocycles. The van der Waals surface area contributed by atoms with E-state index in [0.717, 1.165) is 11.8 Å². The van der Waals surface area contributed by atoms with Crippen molar-refractivity contribution in [3.05, 3.63) is 44.8 Å². The molecule has 0 nitrogen and oxygen atoms in total. The van der Waals surface area contributed by atoms with Crippen molar-refractivity contribution >= 4 is 22.7 Å². The van der Waals surface area contributed by atoms with Crippen LogP contribution in [0.25, 0.3) is 0 Å². The van der Waals surface area contributed by atoms with Gasteiger partial charge in [0, 0.05) is 9.75 Å². The Labute approximate surface area is 105 Å². The first-order valence-corrected chi connectivity index (χ1v) is 7.72. The van der Waals surface area contributed by atoms with Gasteiger partial charge in [0.25, 0.3) is 0 Å². The Kier molecular flexibility index (Phi) is 3.11. The highest BCUT2D eigenvalue weighted by Crippen LogP contribution is 2.41. The molecular formula is C14H16S2. The SMILES string of the molecule is c1csc(CC(Cc2cccs2)C2CC2)c1. The second-order valence-electron chi connectivity index (χ2n) is 4.66. The Morgan fingerprint density at radius 1 is 1.00 bits per heavy atom. The Morgan fingerprint density at radius 2 is 1.56 bits per heavy atom. The lowest BCUT2D eigenvalue weighted by Gasteiger charge is -2.14. The first-order valence-electron chi connectivity index (χ1n) is 5.96. The van der Waals surface area contributed by atoms with Gasteiger partial charge in [0.15, 0.2) is 0 Å². The van der Waals surface area contributed by atoms with Crippen LogP contribution < -0.4 is 0 Å². The van der Waals surface area contributed by atoms with E-state index in [1.807, 2.05) is 22.7 Å². The lowest BCUT2D eigenvalue weighted by atomic mass is 9.94. The summed E-state index contributed by atoms with van der Waals surface area (Å²) in [5, 5.41) is 4.40. The van der Waals surface area contributed by atoms with E-state index in [0.29, 0.717) is 0 Å². The monoisotopic (exact) mass is 248 g/mol. The van der Waals surface area contributed by atoms with Crippen LogP contribution in [0.4, 0.5) is 0 Å². The van der Waals surface area contributed by atoms with Crippen LogP contribution in [0.3, 0.4) is 0 Å². The van der Waals surface area contributed by atoms with Crippen molar-refractivity contribution in [1.82, 2.24) is 0 Å². The van der Waals surface area contributed by atoms with Crippen LogP contribution in [0.5, 0.6) is 0 Å². The van der Waals surface area contributed by atoms with Crippen LogP contribution in [-0.4, -0.2) is 0 Å². The van der Waals surface area contributed by atoms with Gasteiger partial charge in [0.05, 0.1) is 0 Å². The zero-order valence-corrected chi connectivity index (χ0v) is 10.9. The van der Waals surface area contributed by atoms with Gasteiger partial charge in [-0.1, -0.05) is 12.1 Å². The van der Waals surface area contributed by atoms with Crippen LogP contribution in [0.2, 0.25) is 0 Å². The van der Waals surface area contributed by atoms with Crippen molar-refractivity contribution in [1.29, 1.82) is 0 Å². The van der Waals surface area contributed by atoms with E-state index in [-0.39, 0.29) is 0 Å². The number of hydrogen-bond donors (Lipinski definition) is 0. The van der Waals surface area contributed by atoms with Crippen molar-refractivity contribution in [2.45, 2.75) is 25.7 Å². The smallest absolute Gasteiger partial charge is 0.00482 e. The quantitative estimate of drug-likeness (QED) is 0.724. The normalized spacial score (nSPS) is 15.8. The topological polar surface area (TPSA) is 0 Å². The molecule has 0 aromatic carbocycles. The standard InChI is InChI=1S/C14H16S2/c1-3-13(15-7-1)9-12(11-5-6-11)10-14-4-2-8-16-14/h1-4,7-8,11-12H,5-6,9-10H2. The zero-order chi connectivity index (χ0) is 10.8. The lowest BCUT2D eigenvalue weighted by molar-refractivity contribution is 0.463. The Hall–Kier alpha value is -0.600. The molecule has 1 aliphatic rings. The molecule has 0 atom stereocenters. The van der Waals surface area contributed by atoms with Crippen LogP contribution in [0.1, 0.15) is 22.6 Å². The summed E-state index contributed by atoms with van der Waals surface area (Å²) in [6.45, 7) is 0. The summed E-state index contributed by atoms with van der Waals surface area (Å²) in [5.41, 5.74) is 0. The second-order valence-corrected chi connectivity index (χ2v) is 6.73. The highest BCUT2D eigenvalue weighted by atomic mass is 32.1. The maximum absolute atomic E-state index is 2.29. The predicted molar refractivity (Wildman–Crippen MR) is 72.3 cm³/mol. The largest absolute Gasteiger partial charge is 0.149 e. The molecule has 0 bridgehead atoms. The third-order valence-corrected chi connectivity index (χ3v) is 5.17. The van der Waals surface area contributed by atoms with Crippen LogP contribution in [0, 0.1) is 11.8 Å². The third-order valence-electron chi connectivity index (χ3n) is 3.38. The first-order chi connectivity index (χ1) is 7.92. The molecule has 84 valence electrons. The molecule has 1 fully saturated rings. The molecule has 1 aliphatic carbocycles. The van der Waals surface area contributed by atoms with Gasteiger partial charge in [0.1, 0.15) is 0 Å². The van der Waals surface area contributed by atoms with Gasteiger partial charge >= 0.3 is 0 Å². The molecule has 2 aromatic heterocycles. The van der Waals surface area contributed by atoms with Crippen LogP contribution >= 0.6 is 22.7 Å². The number of thiophene rings is 2. The molecule has 2 heteroatoms. The van der Waals surface area contributed by atoms with E-state index in [1.54, 1.807) is 9.75 Å². The third kappa shape index (κ3) is 2.55. The summed E-state index contributed by atoms with van der Waals surface area (Å²) in [5.74, 6) is 1.89. The molecule has 0 spiro atoms. The minimum absolute atomic E-state index is 0.886. The molecule has 0 radical (unpaired) electrons. The first kappa shape index (κ1) is 10.5. The van der Waals surface area contributed by atoms with Gasteiger partial charge in [-0.15, -0.1) is 22.7 Å². The Balaban J connectivity index is 1.67. The van der Waals surface area contributed by atoms with Crippen molar-refractivity contribution in [2.75, 3.05) is 0 Å². The lowest BCUT2D eigenvalue weighted by Crippen LogP contribution is -2.09. The maximum atomic E-state index is 2.29. The van der Waals surface area contributed by atoms with Gasteiger partial charge < -0.3 is 0 Å². The molecular weight excluding hydrogens is 232 g/mol. The summed E-state index contributed by atoms with van der Waals surface area (Å²) in [7, 11) is 0. The fraction of sp³-hybridized carbons (Fsp3) is 0.429. The summed E-state index contributed by atoms with van der Waals surface area (Å²) < 4.78 is 0. The second kappa shape index (κ2) is 4.72. The molecule has 1 saturated carbocycles. The van der Waals surface area contributed by atoms with Gasteiger partial charge in [-0.25, -0.2) is 0 Å². The van der Waals surface area contributed by atoms with Crippen molar-refractivity contribution in [3.63, 3.8) is 0 Å². The van der Waals surface area contributed by atoms with Gasteiger partial charge in [0.2, 0.25) is 0 Å². The fourth-order valence-corrected chi connectivity index (χ4v) is 3.95. The molecule has 0 unspecified atom stereocenters. The molecule has 0 amide bonds. The maximum Gasteiger partial charge on any atom is 0.00482 e. The Bertz CT molecular complexity index is 373. The summed E-state index contributed by atoms with van der Waals surface area (Å²) in [6, 6.07) is 8.92. The highest BCUT2D eigenvalue weighted by Gasteiger charge is 2.31. The average Bonchev–Trinajstić information content (AvgIpc) is 2.79. The van der Waals surface area contributed by atoms with Gasteiger partial charge in [-0.05, 0) is 60.4 Å². The summed E-state index contributed by atoms with van der Waals surface area (Å²) >= 11 is 3.82. The van der Waals surface area contributed by atoms with Crippen molar-refractivity contribution in [2.24, 2.45) is 11.8 Å². The van der Waals surface area contributed by atoms with Crippen LogP contribution in [-0.2, 0) is 12.8 Å². The summed E-state index contributed by atoms with van der Waals surface area (Å²) in [4.78, 5) is 3.13. The number of hydrogen-bond acceptors (Lipinski definition) is 2. The van der Waals surface area contributed by atoms with E-state index in [9.17, 15) is 0 Å². The van der Waals surface area contributed by atoms with E-state index in [2.05, 4.69) is 35.0 Å². The Morgan fingerprint density at radius 3 is 1.94 bits per heavy atom. The molecule has 16 heavy (non-hydrogen) atoms. The van der Waals surface area contributed by atoms with E-state index in [4.69, 9.17) is 0 Å². The number of rotatable bonds is 5. The van der Waals surface area contributed by atoms with Crippen molar-refractivity contribution < 1.29 is 0 Å². The fourth-order valence-electron chi connectivity index (χ4n) is 2.35.